The molecule has 6 heteroatoms. The van der Waals surface area contributed by atoms with Crippen LogP contribution in [0.3, 0.4) is 0 Å². The summed E-state index contributed by atoms with van der Waals surface area (Å²) in [6, 6.07) is 9.29. The van der Waals surface area contributed by atoms with Gasteiger partial charge in [-0.2, -0.15) is 11.3 Å². The van der Waals surface area contributed by atoms with Crippen LogP contribution in [-0.2, 0) is 16.1 Å². The van der Waals surface area contributed by atoms with Crippen LogP contribution in [0.15, 0.2) is 41.1 Å². The highest BCUT2D eigenvalue weighted by molar-refractivity contribution is 7.07. The molecule has 1 aromatic carbocycles. The molecule has 0 saturated carbocycles. The van der Waals surface area contributed by atoms with Crippen LogP contribution in [0.2, 0.25) is 0 Å². The molecule has 1 amide bonds. The van der Waals surface area contributed by atoms with Crippen molar-refractivity contribution in [3.63, 3.8) is 0 Å². The standard InChI is InChI=1S/C19H23NO4S/c21-18(15-7-10-25-13-15)11-20-19(22)17-4-2-1-3-14(17)12-24-16-5-8-23-9-6-16/h1-4,7,10,13,16,18,21H,5-6,8-9,11-12H2,(H,20,22)/t18-/m0/s1. The van der Waals surface area contributed by atoms with Gasteiger partial charge in [0.1, 0.15) is 0 Å². The molecule has 1 aromatic heterocycles. The Hall–Kier alpha value is -1.73. The quantitative estimate of drug-likeness (QED) is 0.796. The molecule has 1 saturated heterocycles. The number of hydrogen-bond acceptors (Lipinski definition) is 5. The maximum atomic E-state index is 12.5. The third kappa shape index (κ3) is 5.12. The maximum Gasteiger partial charge on any atom is 0.251 e. The van der Waals surface area contributed by atoms with E-state index >= 15 is 0 Å². The van der Waals surface area contributed by atoms with Crippen LogP contribution in [0.1, 0.15) is 40.4 Å². The first-order valence-electron chi connectivity index (χ1n) is 8.49. The largest absolute Gasteiger partial charge is 0.387 e. The third-order valence-electron chi connectivity index (χ3n) is 4.29. The Morgan fingerprint density at radius 1 is 1.32 bits per heavy atom. The van der Waals surface area contributed by atoms with E-state index in [0.717, 1.165) is 37.2 Å². The number of carbonyl (C=O) groups excluding carboxylic acids is 1. The van der Waals surface area contributed by atoms with Gasteiger partial charge in [0.05, 0.1) is 18.8 Å². The first-order valence-corrected chi connectivity index (χ1v) is 9.44. The minimum atomic E-state index is -0.694. The Kier molecular flexibility index (Phi) is 6.58. The fourth-order valence-electron chi connectivity index (χ4n) is 2.78. The van der Waals surface area contributed by atoms with Crippen LogP contribution < -0.4 is 5.32 Å². The van der Waals surface area contributed by atoms with Gasteiger partial charge in [0, 0.05) is 25.3 Å². The van der Waals surface area contributed by atoms with E-state index < -0.39 is 6.10 Å². The average Bonchev–Trinajstić information content (AvgIpc) is 3.20. The van der Waals surface area contributed by atoms with Gasteiger partial charge in [-0.15, -0.1) is 0 Å². The zero-order valence-corrected chi connectivity index (χ0v) is 14.8. The fourth-order valence-corrected chi connectivity index (χ4v) is 3.49. The molecule has 134 valence electrons. The van der Waals surface area contributed by atoms with E-state index in [-0.39, 0.29) is 18.6 Å². The molecule has 1 atom stereocenters. The van der Waals surface area contributed by atoms with Crippen molar-refractivity contribution in [1.29, 1.82) is 0 Å². The van der Waals surface area contributed by atoms with E-state index in [4.69, 9.17) is 9.47 Å². The molecule has 3 rings (SSSR count). The molecule has 25 heavy (non-hydrogen) atoms. The van der Waals surface area contributed by atoms with E-state index in [9.17, 15) is 9.90 Å². The van der Waals surface area contributed by atoms with Crippen molar-refractivity contribution in [3.05, 3.63) is 57.8 Å². The third-order valence-corrected chi connectivity index (χ3v) is 4.99. The van der Waals surface area contributed by atoms with Gasteiger partial charge in [0.15, 0.2) is 0 Å². The topological polar surface area (TPSA) is 67.8 Å². The van der Waals surface area contributed by atoms with Crippen LogP contribution in [0.25, 0.3) is 0 Å². The summed E-state index contributed by atoms with van der Waals surface area (Å²) in [4.78, 5) is 12.5. The number of hydrogen-bond donors (Lipinski definition) is 2. The van der Waals surface area contributed by atoms with Crippen molar-refractivity contribution in [3.8, 4) is 0 Å². The predicted octanol–water partition coefficient (Wildman–Crippen LogP) is 2.91. The Morgan fingerprint density at radius 3 is 2.88 bits per heavy atom. The minimum Gasteiger partial charge on any atom is -0.387 e. The number of rotatable bonds is 7. The summed E-state index contributed by atoms with van der Waals surface area (Å²) in [6.07, 6.45) is 1.27. The molecule has 1 aliphatic heterocycles. The lowest BCUT2D eigenvalue weighted by Crippen LogP contribution is -2.29. The summed E-state index contributed by atoms with van der Waals surface area (Å²) in [6.45, 7) is 2.05. The second-order valence-corrected chi connectivity index (χ2v) is 6.84. The molecule has 0 bridgehead atoms. The zero-order chi connectivity index (χ0) is 17.5. The van der Waals surface area contributed by atoms with Gasteiger partial charge in [-0.25, -0.2) is 0 Å². The van der Waals surface area contributed by atoms with Gasteiger partial charge >= 0.3 is 0 Å². The molecule has 2 heterocycles. The van der Waals surface area contributed by atoms with Crippen LogP contribution >= 0.6 is 11.3 Å². The highest BCUT2D eigenvalue weighted by atomic mass is 32.1. The normalized spacial score (nSPS) is 16.5. The average molecular weight is 361 g/mol. The lowest BCUT2D eigenvalue weighted by Gasteiger charge is -2.23. The van der Waals surface area contributed by atoms with Crippen LogP contribution in [-0.4, -0.2) is 36.9 Å². The number of carbonyl (C=O) groups is 1. The number of thiophene rings is 1. The first-order chi connectivity index (χ1) is 12.2. The number of amides is 1. The summed E-state index contributed by atoms with van der Waals surface area (Å²) < 4.78 is 11.3. The van der Waals surface area contributed by atoms with Crippen LogP contribution in [0, 0.1) is 0 Å². The second-order valence-electron chi connectivity index (χ2n) is 6.06. The van der Waals surface area contributed by atoms with Gasteiger partial charge < -0.3 is 19.9 Å². The highest BCUT2D eigenvalue weighted by Crippen LogP contribution is 2.17. The van der Waals surface area contributed by atoms with E-state index in [2.05, 4.69) is 5.32 Å². The lowest BCUT2D eigenvalue weighted by molar-refractivity contribution is -0.0392. The first kappa shape index (κ1) is 18.1. The number of ether oxygens (including phenoxy) is 2. The summed E-state index contributed by atoms with van der Waals surface area (Å²) in [5, 5.41) is 16.7. The SMILES string of the molecule is O=C(NC[C@H](O)c1ccsc1)c1ccccc1COC1CCOCC1. The molecule has 0 unspecified atom stereocenters. The van der Waals surface area contributed by atoms with Crippen molar-refractivity contribution in [2.75, 3.05) is 19.8 Å². The van der Waals surface area contributed by atoms with Crippen molar-refractivity contribution < 1.29 is 19.4 Å². The van der Waals surface area contributed by atoms with E-state index in [1.54, 1.807) is 6.07 Å². The summed E-state index contributed by atoms with van der Waals surface area (Å²) in [5.41, 5.74) is 2.27. The predicted molar refractivity (Wildman–Crippen MR) is 96.7 cm³/mol. The van der Waals surface area contributed by atoms with Crippen molar-refractivity contribution >= 4 is 17.2 Å². The minimum absolute atomic E-state index is 0.185. The Balaban J connectivity index is 1.56. The van der Waals surface area contributed by atoms with Gasteiger partial charge in [-0.3, -0.25) is 4.79 Å². The Labute approximate surface area is 151 Å². The number of aliphatic hydroxyl groups is 1. The highest BCUT2D eigenvalue weighted by Gasteiger charge is 2.17. The van der Waals surface area contributed by atoms with Crippen molar-refractivity contribution in [2.45, 2.75) is 31.7 Å². The van der Waals surface area contributed by atoms with Gasteiger partial charge in [-0.05, 0) is 46.9 Å². The van der Waals surface area contributed by atoms with Crippen LogP contribution in [0.5, 0.6) is 0 Å². The van der Waals surface area contributed by atoms with E-state index in [0.29, 0.717) is 12.2 Å². The van der Waals surface area contributed by atoms with E-state index in [1.807, 2.05) is 35.0 Å². The van der Waals surface area contributed by atoms with Crippen LogP contribution in [0.4, 0.5) is 0 Å². The molecular weight excluding hydrogens is 338 g/mol. The van der Waals surface area contributed by atoms with Gasteiger partial charge in [-0.1, -0.05) is 18.2 Å². The number of aliphatic hydroxyl groups excluding tert-OH is 1. The fraction of sp³-hybridized carbons (Fsp3) is 0.421. The molecule has 1 fully saturated rings. The van der Waals surface area contributed by atoms with Gasteiger partial charge in [0.25, 0.3) is 5.91 Å². The molecule has 2 aromatic rings. The summed E-state index contributed by atoms with van der Waals surface area (Å²) in [7, 11) is 0. The summed E-state index contributed by atoms with van der Waals surface area (Å²) >= 11 is 1.52. The molecule has 0 spiro atoms. The Morgan fingerprint density at radius 2 is 2.12 bits per heavy atom. The lowest BCUT2D eigenvalue weighted by atomic mass is 10.1. The molecule has 0 radical (unpaired) electrons. The van der Waals surface area contributed by atoms with Crippen molar-refractivity contribution in [2.24, 2.45) is 0 Å². The number of nitrogens with one attached hydrogen (secondary N) is 1. The van der Waals surface area contributed by atoms with E-state index in [1.165, 1.54) is 11.3 Å². The Bertz CT molecular complexity index is 668. The molecule has 0 aliphatic carbocycles. The smallest absolute Gasteiger partial charge is 0.251 e. The molecular formula is C19H23NO4S. The molecule has 5 nitrogen and oxygen atoms in total. The van der Waals surface area contributed by atoms with Crippen molar-refractivity contribution in [1.82, 2.24) is 5.32 Å². The zero-order valence-electron chi connectivity index (χ0n) is 14.0. The monoisotopic (exact) mass is 361 g/mol. The second kappa shape index (κ2) is 9.10. The maximum absolute atomic E-state index is 12.5. The van der Waals surface area contributed by atoms with Gasteiger partial charge in [0.2, 0.25) is 0 Å². The number of benzene rings is 1. The molecule has 2 N–H and O–H groups in total. The molecule has 1 aliphatic rings. The summed E-state index contributed by atoms with van der Waals surface area (Å²) in [5.74, 6) is -0.194.